The van der Waals surface area contributed by atoms with Gasteiger partial charge in [-0.1, -0.05) is 11.6 Å². The molecule has 0 aromatic carbocycles. The van der Waals surface area contributed by atoms with E-state index in [2.05, 4.69) is 6.07 Å². The van der Waals surface area contributed by atoms with Crippen molar-refractivity contribution in [2.45, 2.75) is 18.9 Å². The van der Waals surface area contributed by atoms with E-state index in [-0.39, 0.29) is 11.7 Å². The monoisotopic (exact) mass is 276 g/mol. The van der Waals surface area contributed by atoms with Crippen LogP contribution in [0.25, 0.3) is 0 Å². The molecule has 3 heterocycles. The first-order valence-corrected chi connectivity index (χ1v) is 6.79. The zero-order valence-corrected chi connectivity index (χ0v) is 11.0. The summed E-state index contributed by atoms with van der Waals surface area (Å²) < 4.78 is 2.56. The van der Waals surface area contributed by atoms with Crippen molar-refractivity contribution in [3.05, 3.63) is 44.9 Å². The molecule has 0 radical (unpaired) electrons. The van der Waals surface area contributed by atoms with Crippen LogP contribution in [0.1, 0.15) is 33.4 Å². The normalized spacial score (nSPS) is 17.4. The standard InChI is InChI=1S/C13H9ClN2OS/c14-12-4-3-11(18-12)13(17)10-2-1-9-8(7-15)5-6-16(9)10/h1-4,8H,5-6H2. The molecular formula is C13H9ClN2OS. The lowest BCUT2D eigenvalue weighted by atomic mass is 10.1. The highest BCUT2D eigenvalue weighted by molar-refractivity contribution is 7.18. The highest BCUT2D eigenvalue weighted by Crippen LogP contribution is 2.32. The summed E-state index contributed by atoms with van der Waals surface area (Å²) in [5.74, 6) is -0.102. The zero-order chi connectivity index (χ0) is 12.7. The van der Waals surface area contributed by atoms with Crippen LogP contribution in [0.4, 0.5) is 0 Å². The number of fused-ring (bicyclic) bond motifs is 1. The maximum absolute atomic E-state index is 12.3. The number of hydrogen-bond acceptors (Lipinski definition) is 3. The SMILES string of the molecule is N#CC1CCn2c(C(=O)c3ccc(Cl)s3)ccc21. The molecular weight excluding hydrogens is 268 g/mol. The second kappa shape index (κ2) is 4.27. The molecule has 18 heavy (non-hydrogen) atoms. The summed E-state index contributed by atoms with van der Waals surface area (Å²) in [6.07, 6.45) is 0.790. The minimum absolute atomic E-state index is 0.0169. The van der Waals surface area contributed by atoms with Crippen molar-refractivity contribution in [2.24, 2.45) is 0 Å². The number of halogens is 1. The Morgan fingerprint density at radius 2 is 2.28 bits per heavy atom. The number of carbonyl (C=O) groups is 1. The lowest BCUT2D eigenvalue weighted by Crippen LogP contribution is -2.07. The fourth-order valence-corrected chi connectivity index (χ4v) is 3.33. The fraction of sp³-hybridized carbons (Fsp3) is 0.231. The predicted molar refractivity (Wildman–Crippen MR) is 70.2 cm³/mol. The maximum atomic E-state index is 12.3. The molecule has 0 aliphatic carbocycles. The Labute approximate surface area is 113 Å². The molecule has 3 nitrogen and oxygen atoms in total. The molecule has 0 saturated carbocycles. The average molecular weight is 277 g/mol. The Kier molecular flexibility index (Phi) is 2.73. The average Bonchev–Trinajstić information content (AvgIpc) is 3.02. The molecule has 1 aliphatic heterocycles. The van der Waals surface area contributed by atoms with Gasteiger partial charge in [0.2, 0.25) is 5.78 Å². The van der Waals surface area contributed by atoms with Crippen LogP contribution in [-0.2, 0) is 6.54 Å². The van der Waals surface area contributed by atoms with Crippen molar-refractivity contribution in [1.29, 1.82) is 5.26 Å². The number of carbonyl (C=O) groups excluding carboxylic acids is 1. The molecule has 0 N–H and O–H groups in total. The highest BCUT2D eigenvalue weighted by atomic mass is 35.5. The largest absolute Gasteiger partial charge is 0.341 e. The van der Waals surface area contributed by atoms with E-state index < -0.39 is 0 Å². The third-order valence-corrected chi connectivity index (χ3v) is 4.43. The summed E-state index contributed by atoms with van der Waals surface area (Å²) >= 11 is 7.13. The molecule has 2 aromatic heterocycles. The van der Waals surface area contributed by atoms with E-state index >= 15 is 0 Å². The van der Waals surface area contributed by atoms with Gasteiger partial charge in [0.1, 0.15) is 0 Å². The molecule has 0 spiro atoms. The number of thiophene rings is 1. The summed E-state index contributed by atoms with van der Waals surface area (Å²) in [4.78, 5) is 13.0. The first kappa shape index (κ1) is 11.5. The second-order valence-electron chi connectivity index (χ2n) is 4.20. The third kappa shape index (κ3) is 1.67. The Hall–Kier alpha value is -1.57. The number of hydrogen-bond donors (Lipinski definition) is 0. The molecule has 3 rings (SSSR count). The number of rotatable bonds is 2. The minimum Gasteiger partial charge on any atom is -0.341 e. The lowest BCUT2D eigenvalue weighted by Gasteiger charge is -2.03. The van der Waals surface area contributed by atoms with Crippen molar-refractivity contribution in [2.75, 3.05) is 0 Å². The van der Waals surface area contributed by atoms with E-state index in [4.69, 9.17) is 16.9 Å². The van der Waals surface area contributed by atoms with Crippen molar-refractivity contribution in [3.63, 3.8) is 0 Å². The van der Waals surface area contributed by atoms with Crippen LogP contribution in [0.2, 0.25) is 4.34 Å². The van der Waals surface area contributed by atoms with Crippen LogP contribution in [0.5, 0.6) is 0 Å². The Morgan fingerprint density at radius 1 is 1.44 bits per heavy atom. The zero-order valence-electron chi connectivity index (χ0n) is 9.39. The van der Waals surface area contributed by atoms with Crippen LogP contribution in [0.15, 0.2) is 24.3 Å². The van der Waals surface area contributed by atoms with Crippen molar-refractivity contribution >= 4 is 28.7 Å². The molecule has 0 saturated heterocycles. The smallest absolute Gasteiger partial charge is 0.219 e. The molecule has 1 atom stereocenters. The van der Waals surface area contributed by atoms with Gasteiger partial charge < -0.3 is 4.57 Å². The van der Waals surface area contributed by atoms with E-state index in [0.29, 0.717) is 14.9 Å². The van der Waals surface area contributed by atoms with Crippen molar-refractivity contribution < 1.29 is 4.79 Å². The molecule has 0 amide bonds. The molecule has 0 bridgehead atoms. The summed E-state index contributed by atoms with van der Waals surface area (Å²) in [7, 11) is 0. The maximum Gasteiger partial charge on any atom is 0.219 e. The molecule has 1 aliphatic rings. The first-order valence-electron chi connectivity index (χ1n) is 5.60. The topological polar surface area (TPSA) is 45.8 Å². The van der Waals surface area contributed by atoms with Gasteiger partial charge in [-0.3, -0.25) is 4.79 Å². The van der Waals surface area contributed by atoms with Crippen LogP contribution in [0, 0.1) is 11.3 Å². The number of aromatic nitrogens is 1. The van der Waals surface area contributed by atoms with Gasteiger partial charge in [0, 0.05) is 12.2 Å². The van der Waals surface area contributed by atoms with Crippen LogP contribution in [0.3, 0.4) is 0 Å². The highest BCUT2D eigenvalue weighted by Gasteiger charge is 2.27. The van der Waals surface area contributed by atoms with Gasteiger partial charge in [-0.05, 0) is 30.7 Å². The van der Waals surface area contributed by atoms with Gasteiger partial charge in [0.05, 0.1) is 26.9 Å². The lowest BCUT2D eigenvalue weighted by molar-refractivity contribution is 0.103. The van der Waals surface area contributed by atoms with Crippen molar-refractivity contribution in [1.82, 2.24) is 4.57 Å². The third-order valence-electron chi connectivity index (χ3n) is 3.20. The molecule has 0 fully saturated rings. The quantitative estimate of drug-likeness (QED) is 0.789. The summed E-state index contributed by atoms with van der Waals surface area (Å²) in [6.45, 7) is 0.737. The Morgan fingerprint density at radius 3 is 2.94 bits per heavy atom. The summed E-state index contributed by atoms with van der Waals surface area (Å²) in [5, 5.41) is 9.02. The van der Waals surface area contributed by atoms with Gasteiger partial charge in [-0.2, -0.15) is 5.26 Å². The van der Waals surface area contributed by atoms with E-state index in [1.54, 1.807) is 18.2 Å². The van der Waals surface area contributed by atoms with Crippen molar-refractivity contribution in [3.8, 4) is 6.07 Å². The summed E-state index contributed by atoms with van der Waals surface area (Å²) in [6, 6.07) is 9.41. The van der Waals surface area contributed by atoms with E-state index in [1.807, 2.05) is 10.6 Å². The minimum atomic E-state index is -0.0847. The van der Waals surface area contributed by atoms with Gasteiger partial charge >= 0.3 is 0 Å². The summed E-state index contributed by atoms with van der Waals surface area (Å²) in [5.41, 5.74) is 1.60. The Bertz CT molecular complexity index is 665. The predicted octanol–water partition coefficient (Wildman–Crippen LogP) is 3.44. The van der Waals surface area contributed by atoms with E-state index in [9.17, 15) is 4.79 Å². The molecule has 1 unspecified atom stereocenters. The molecule has 2 aromatic rings. The Balaban J connectivity index is 2.00. The first-order chi connectivity index (χ1) is 8.70. The van der Waals surface area contributed by atoms with Gasteiger partial charge in [0.25, 0.3) is 0 Å². The number of nitrogens with zero attached hydrogens (tertiary/aromatic N) is 2. The van der Waals surface area contributed by atoms with Crippen LogP contribution >= 0.6 is 22.9 Å². The molecule has 90 valence electrons. The van der Waals surface area contributed by atoms with Gasteiger partial charge in [-0.15, -0.1) is 11.3 Å². The van der Waals surface area contributed by atoms with E-state index in [0.717, 1.165) is 18.7 Å². The van der Waals surface area contributed by atoms with Gasteiger partial charge in [0.15, 0.2) is 0 Å². The van der Waals surface area contributed by atoms with Crippen LogP contribution < -0.4 is 0 Å². The van der Waals surface area contributed by atoms with Gasteiger partial charge in [-0.25, -0.2) is 0 Å². The van der Waals surface area contributed by atoms with E-state index in [1.165, 1.54) is 11.3 Å². The van der Waals surface area contributed by atoms with Crippen LogP contribution in [-0.4, -0.2) is 10.4 Å². The number of nitriles is 1. The molecule has 5 heteroatoms. The second-order valence-corrected chi connectivity index (χ2v) is 5.91. The number of ketones is 1. The fourth-order valence-electron chi connectivity index (χ4n) is 2.33.